The van der Waals surface area contributed by atoms with Crippen LogP contribution in [0.25, 0.3) is 0 Å². The molecule has 8 nitrogen and oxygen atoms in total. The van der Waals surface area contributed by atoms with Crippen LogP contribution in [0.2, 0.25) is 5.02 Å². The first-order valence-electron chi connectivity index (χ1n) is 7.66. The minimum absolute atomic E-state index is 0.0246. The molecule has 0 atom stereocenters. The molecule has 0 spiro atoms. The number of primary amides is 1. The number of benzene rings is 2. The van der Waals surface area contributed by atoms with Crippen LogP contribution in [-0.4, -0.2) is 23.3 Å². The molecular formula is C17H16ClN3O5. The third-order valence-corrected chi connectivity index (χ3v) is 3.69. The van der Waals surface area contributed by atoms with Crippen molar-refractivity contribution in [3.8, 4) is 5.75 Å². The van der Waals surface area contributed by atoms with Crippen LogP contribution in [0, 0.1) is 10.1 Å². The maximum Gasteiger partial charge on any atom is 0.288 e. The second-order valence-corrected chi connectivity index (χ2v) is 5.68. The van der Waals surface area contributed by atoms with Gasteiger partial charge in [0.25, 0.3) is 17.5 Å². The van der Waals surface area contributed by atoms with E-state index in [4.69, 9.17) is 22.1 Å². The van der Waals surface area contributed by atoms with Crippen molar-refractivity contribution in [2.24, 2.45) is 5.73 Å². The molecular weight excluding hydrogens is 362 g/mol. The molecule has 2 aromatic rings. The second kappa shape index (κ2) is 8.30. The number of ether oxygens (including phenoxy) is 1. The van der Waals surface area contributed by atoms with Crippen LogP contribution in [-0.2, 0) is 0 Å². The molecule has 0 aromatic heterocycles. The maximum atomic E-state index is 12.6. The highest BCUT2D eigenvalue weighted by atomic mass is 35.5. The third-order valence-electron chi connectivity index (χ3n) is 3.39. The SMILES string of the molecule is CCCOc1ccccc1C(=O)Nc1cc(Cl)c([N+](=O)[O-])cc1C(N)=O. The van der Waals surface area contributed by atoms with Gasteiger partial charge in [-0.05, 0) is 24.6 Å². The first kappa shape index (κ1) is 19.2. The topological polar surface area (TPSA) is 125 Å². The van der Waals surface area contributed by atoms with Crippen LogP contribution in [0.4, 0.5) is 11.4 Å². The summed E-state index contributed by atoms with van der Waals surface area (Å²) in [6, 6.07) is 8.62. The summed E-state index contributed by atoms with van der Waals surface area (Å²) < 4.78 is 5.53. The van der Waals surface area contributed by atoms with E-state index in [1.165, 1.54) is 0 Å². The van der Waals surface area contributed by atoms with Crippen molar-refractivity contribution in [2.75, 3.05) is 11.9 Å². The molecule has 2 rings (SSSR count). The zero-order valence-corrected chi connectivity index (χ0v) is 14.6. The summed E-state index contributed by atoms with van der Waals surface area (Å²) in [4.78, 5) is 34.4. The normalized spacial score (nSPS) is 10.2. The fourth-order valence-corrected chi connectivity index (χ4v) is 2.42. The molecule has 0 aliphatic heterocycles. The highest BCUT2D eigenvalue weighted by molar-refractivity contribution is 6.33. The Labute approximate surface area is 154 Å². The number of anilines is 1. The summed E-state index contributed by atoms with van der Waals surface area (Å²) in [7, 11) is 0. The monoisotopic (exact) mass is 377 g/mol. The van der Waals surface area contributed by atoms with Crippen LogP contribution in [0.15, 0.2) is 36.4 Å². The molecule has 2 amide bonds. The fraction of sp³-hybridized carbons (Fsp3) is 0.176. The Balaban J connectivity index is 2.39. The number of nitrogens with one attached hydrogen (secondary N) is 1. The Morgan fingerprint density at radius 1 is 1.27 bits per heavy atom. The van der Waals surface area contributed by atoms with Gasteiger partial charge in [0.05, 0.1) is 28.3 Å². The van der Waals surface area contributed by atoms with E-state index in [-0.39, 0.29) is 21.8 Å². The molecule has 0 aliphatic rings. The molecule has 26 heavy (non-hydrogen) atoms. The van der Waals surface area contributed by atoms with Crippen LogP contribution in [0.3, 0.4) is 0 Å². The number of halogens is 1. The lowest BCUT2D eigenvalue weighted by molar-refractivity contribution is -0.384. The molecule has 136 valence electrons. The van der Waals surface area contributed by atoms with E-state index in [0.717, 1.165) is 18.6 Å². The number of nitro groups is 1. The molecule has 0 unspecified atom stereocenters. The predicted molar refractivity (Wildman–Crippen MR) is 96.8 cm³/mol. The molecule has 0 fully saturated rings. The van der Waals surface area contributed by atoms with Crippen molar-refractivity contribution in [1.29, 1.82) is 0 Å². The zero-order valence-electron chi connectivity index (χ0n) is 13.8. The van der Waals surface area contributed by atoms with Crippen molar-refractivity contribution in [2.45, 2.75) is 13.3 Å². The van der Waals surface area contributed by atoms with E-state index in [1.807, 2.05) is 6.92 Å². The van der Waals surface area contributed by atoms with Gasteiger partial charge in [-0.3, -0.25) is 19.7 Å². The van der Waals surface area contributed by atoms with Crippen LogP contribution in [0.1, 0.15) is 34.1 Å². The lowest BCUT2D eigenvalue weighted by atomic mass is 10.1. The Kier molecular flexibility index (Phi) is 6.13. The summed E-state index contributed by atoms with van der Waals surface area (Å²) in [5.41, 5.74) is 4.78. The van der Waals surface area contributed by atoms with E-state index < -0.39 is 22.4 Å². The number of nitro benzene ring substituents is 1. The molecule has 0 saturated heterocycles. The number of rotatable bonds is 7. The van der Waals surface area contributed by atoms with Crippen LogP contribution in [0.5, 0.6) is 5.75 Å². The molecule has 2 aromatic carbocycles. The molecule has 9 heteroatoms. The van der Waals surface area contributed by atoms with Gasteiger partial charge >= 0.3 is 0 Å². The van der Waals surface area contributed by atoms with E-state index in [9.17, 15) is 19.7 Å². The van der Waals surface area contributed by atoms with Crippen molar-refractivity contribution in [1.82, 2.24) is 0 Å². The Morgan fingerprint density at radius 2 is 1.96 bits per heavy atom. The summed E-state index contributed by atoms with van der Waals surface area (Å²) in [6.07, 6.45) is 0.764. The smallest absolute Gasteiger partial charge is 0.288 e. The van der Waals surface area contributed by atoms with E-state index in [0.29, 0.717) is 12.4 Å². The average Bonchev–Trinajstić information content (AvgIpc) is 2.59. The van der Waals surface area contributed by atoms with Gasteiger partial charge < -0.3 is 15.8 Å². The fourth-order valence-electron chi connectivity index (χ4n) is 2.19. The molecule has 0 bridgehead atoms. The van der Waals surface area contributed by atoms with E-state index >= 15 is 0 Å². The molecule has 0 aliphatic carbocycles. The van der Waals surface area contributed by atoms with Crippen molar-refractivity contribution in [3.63, 3.8) is 0 Å². The van der Waals surface area contributed by atoms with Crippen LogP contribution >= 0.6 is 11.6 Å². The molecule has 0 heterocycles. The Morgan fingerprint density at radius 3 is 2.58 bits per heavy atom. The second-order valence-electron chi connectivity index (χ2n) is 5.27. The van der Waals surface area contributed by atoms with Crippen LogP contribution < -0.4 is 15.8 Å². The highest BCUT2D eigenvalue weighted by Gasteiger charge is 2.22. The van der Waals surface area contributed by atoms with E-state index in [2.05, 4.69) is 5.32 Å². The predicted octanol–water partition coefficient (Wildman–Crippen LogP) is 3.39. The van der Waals surface area contributed by atoms with Gasteiger partial charge in [-0.15, -0.1) is 0 Å². The first-order chi connectivity index (χ1) is 12.3. The number of carbonyl (C=O) groups excluding carboxylic acids is 2. The van der Waals surface area contributed by atoms with Crippen molar-refractivity contribution in [3.05, 3.63) is 62.7 Å². The van der Waals surface area contributed by atoms with Crippen molar-refractivity contribution >= 4 is 34.8 Å². The minimum atomic E-state index is -0.935. The number of nitrogens with two attached hydrogens (primary N) is 1. The van der Waals surface area contributed by atoms with Gasteiger partial charge in [0.1, 0.15) is 10.8 Å². The Bertz CT molecular complexity index is 869. The molecule has 0 saturated carbocycles. The highest BCUT2D eigenvalue weighted by Crippen LogP contribution is 2.31. The van der Waals surface area contributed by atoms with Gasteiger partial charge in [0.15, 0.2) is 0 Å². The number of para-hydroxylation sites is 1. The summed E-state index contributed by atoms with van der Waals surface area (Å²) in [5.74, 6) is -1.12. The summed E-state index contributed by atoms with van der Waals surface area (Å²) in [6.45, 7) is 2.36. The molecule has 3 N–H and O–H groups in total. The average molecular weight is 378 g/mol. The largest absolute Gasteiger partial charge is 0.493 e. The Hall–Kier alpha value is -3.13. The number of amides is 2. The lowest BCUT2D eigenvalue weighted by Gasteiger charge is -2.13. The standard InChI is InChI=1S/C17H16ClN3O5/c1-2-7-26-15-6-4-3-5-10(15)17(23)20-13-9-12(18)14(21(24)25)8-11(13)16(19)22/h3-6,8-9H,2,7H2,1H3,(H2,19,22)(H,20,23). The van der Waals surface area contributed by atoms with E-state index in [1.54, 1.807) is 24.3 Å². The third kappa shape index (κ3) is 4.28. The van der Waals surface area contributed by atoms with Gasteiger partial charge in [-0.1, -0.05) is 30.7 Å². The number of carbonyl (C=O) groups is 2. The number of hydrogen-bond acceptors (Lipinski definition) is 5. The summed E-state index contributed by atoms with van der Waals surface area (Å²) in [5, 5.41) is 13.2. The minimum Gasteiger partial charge on any atom is -0.493 e. The van der Waals surface area contributed by atoms with Gasteiger partial charge in [-0.25, -0.2) is 0 Å². The van der Waals surface area contributed by atoms with Gasteiger partial charge in [-0.2, -0.15) is 0 Å². The number of nitrogens with zero attached hydrogens (tertiary/aromatic N) is 1. The maximum absolute atomic E-state index is 12.6. The zero-order chi connectivity index (χ0) is 19.3. The summed E-state index contributed by atoms with van der Waals surface area (Å²) >= 11 is 5.86. The van der Waals surface area contributed by atoms with Crippen molar-refractivity contribution < 1.29 is 19.2 Å². The number of hydrogen-bond donors (Lipinski definition) is 2. The lowest BCUT2D eigenvalue weighted by Crippen LogP contribution is -2.19. The first-order valence-corrected chi connectivity index (χ1v) is 8.03. The quantitative estimate of drug-likeness (QED) is 0.565. The molecule has 0 radical (unpaired) electrons. The van der Waals surface area contributed by atoms with Gasteiger partial charge in [0.2, 0.25) is 0 Å². The van der Waals surface area contributed by atoms with Gasteiger partial charge in [0, 0.05) is 6.07 Å².